The molecule has 0 spiro atoms. The average Bonchev–Trinajstić information content (AvgIpc) is 2.94. The Kier molecular flexibility index (Phi) is 13.0. The molecule has 3 rings (SSSR count). The zero-order valence-electron chi connectivity index (χ0n) is 21.4. The largest absolute Gasteiger partial charge is 0.452 e. The van der Waals surface area contributed by atoms with E-state index < -0.39 is 21.8 Å². The number of carbonyl (C=O) groups is 2. The molecule has 212 valence electrons. The number of aromatic nitrogens is 1. The van der Waals surface area contributed by atoms with Crippen molar-refractivity contribution >= 4 is 86.3 Å². The van der Waals surface area contributed by atoms with Crippen LogP contribution in [-0.4, -0.2) is 64.9 Å². The van der Waals surface area contributed by atoms with Crippen LogP contribution in [0, 0.1) is 0 Å². The van der Waals surface area contributed by atoms with Crippen molar-refractivity contribution in [1.82, 2.24) is 10.3 Å². The number of nitrogens with zero attached hydrogens (tertiary/aromatic N) is 2. The number of hydrogen-bond acceptors (Lipinski definition) is 8. The summed E-state index contributed by atoms with van der Waals surface area (Å²) in [6.07, 6.45) is 3.30. The Morgan fingerprint density at radius 1 is 1.07 bits per heavy atom. The summed E-state index contributed by atoms with van der Waals surface area (Å²) < 4.78 is 13.3. The highest BCUT2D eigenvalue weighted by molar-refractivity contribution is 8.14. The molecule has 0 aliphatic heterocycles. The lowest BCUT2D eigenvalue weighted by molar-refractivity contribution is -0.147. The van der Waals surface area contributed by atoms with E-state index in [1.807, 2.05) is 54.6 Å². The second-order valence-electron chi connectivity index (χ2n) is 7.96. The maximum Gasteiger partial charge on any atom is 0.332 e. The van der Waals surface area contributed by atoms with Crippen LogP contribution >= 0.6 is 46.6 Å². The van der Waals surface area contributed by atoms with Gasteiger partial charge in [0.15, 0.2) is 11.3 Å². The van der Waals surface area contributed by atoms with Crippen molar-refractivity contribution in [1.29, 1.82) is 0 Å². The molecule has 13 heteroatoms. The van der Waals surface area contributed by atoms with E-state index in [4.69, 9.17) is 49.0 Å². The molecule has 3 aromatic rings. The number of anilines is 1. The third kappa shape index (κ3) is 11.0. The van der Waals surface area contributed by atoms with Crippen LogP contribution in [0.15, 0.2) is 77.9 Å². The number of esters is 1. The lowest BCUT2D eigenvalue weighted by atomic mass is 10.2. The fourth-order valence-corrected chi connectivity index (χ4v) is 4.11. The molecule has 1 atom stereocenters. The zero-order valence-corrected chi connectivity index (χ0v) is 24.5. The third-order valence-electron chi connectivity index (χ3n) is 5.00. The Morgan fingerprint density at radius 2 is 1.85 bits per heavy atom. The van der Waals surface area contributed by atoms with Crippen LogP contribution in [0.3, 0.4) is 0 Å². The summed E-state index contributed by atoms with van der Waals surface area (Å²) in [5.74, 6) is -1.24. The number of methoxy groups -OCH3 is 1. The summed E-state index contributed by atoms with van der Waals surface area (Å²) >= 11 is 19.6. The first-order chi connectivity index (χ1) is 19.3. The molecule has 2 N–H and O–H groups in total. The van der Waals surface area contributed by atoms with Crippen molar-refractivity contribution in [2.24, 2.45) is 4.99 Å². The Labute approximate surface area is 251 Å². The summed E-state index contributed by atoms with van der Waals surface area (Å²) in [6.45, 7) is 0.370. The van der Waals surface area contributed by atoms with Crippen LogP contribution in [0.4, 0.5) is 5.69 Å². The summed E-state index contributed by atoms with van der Waals surface area (Å²) in [6, 6.07) is 18.5. The first-order valence-electron chi connectivity index (χ1n) is 11.9. The number of carbonyl (C=O) groups excluding carboxylic acids is 2. The highest BCUT2D eigenvalue weighted by Gasteiger charge is 2.34. The molecule has 40 heavy (non-hydrogen) atoms. The summed E-state index contributed by atoms with van der Waals surface area (Å²) in [5, 5.41) is 6.84. The molecule has 0 saturated carbocycles. The van der Waals surface area contributed by atoms with Gasteiger partial charge in [-0.2, -0.15) is 0 Å². The predicted molar refractivity (Wildman–Crippen MR) is 162 cm³/mol. The Balaban J connectivity index is 1.79. The molecule has 0 saturated heterocycles. The van der Waals surface area contributed by atoms with Crippen LogP contribution in [0.1, 0.15) is 5.56 Å². The highest BCUT2D eigenvalue weighted by Crippen LogP contribution is 2.32. The molecule has 2 aromatic carbocycles. The van der Waals surface area contributed by atoms with Gasteiger partial charge in [0.05, 0.1) is 24.4 Å². The van der Waals surface area contributed by atoms with Gasteiger partial charge in [0.2, 0.25) is 9.70 Å². The van der Waals surface area contributed by atoms with E-state index in [1.165, 1.54) is 13.2 Å². The van der Waals surface area contributed by atoms with Gasteiger partial charge < -0.3 is 24.8 Å². The van der Waals surface area contributed by atoms with E-state index in [1.54, 1.807) is 18.3 Å². The number of fused-ring (bicyclic) bond motifs is 1. The van der Waals surface area contributed by atoms with Crippen molar-refractivity contribution in [2.75, 3.05) is 38.2 Å². The number of para-hydroxylation sites is 1. The predicted octanol–water partition coefficient (Wildman–Crippen LogP) is 5.43. The van der Waals surface area contributed by atoms with Gasteiger partial charge in [0.1, 0.15) is 12.5 Å². The van der Waals surface area contributed by atoms with Crippen LogP contribution in [0.2, 0.25) is 0 Å². The third-order valence-corrected chi connectivity index (χ3v) is 6.34. The van der Waals surface area contributed by atoms with Crippen LogP contribution < -0.4 is 10.6 Å². The number of amidine groups is 1. The van der Waals surface area contributed by atoms with Gasteiger partial charge in [-0.3, -0.25) is 9.78 Å². The quantitative estimate of drug-likeness (QED) is 0.0522. The maximum absolute atomic E-state index is 12.7. The summed E-state index contributed by atoms with van der Waals surface area (Å²) in [7, 11) is 1.53. The number of thioether (sulfide) groups is 1. The average molecular weight is 626 g/mol. The molecule has 0 fully saturated rings. The van der Waals surface area contributed by atoms with E-state index in [9.17, 15) is 9.59 Å². The van der Waals surface area contributed by atoms with Crippen molar-refractivity contribution < 1.29 is 23.8 Å². The number of hydrogen-bond donors (Lipinski definition) is 2. The van der Waals surface area contributed by atoms with E-state index in [-0.39, 0.29) is 24.3 Å². The molecular formula is C27H27Cl3N4O5S. The van der Waals surface area contributed by atoms with E-state index >= 15 is 0 Å². The first-order valence-corrected chi connectivity index (χ1v) is 14.0. The van der Waals surface area contributed by atoms with E-state index in [0.29, 0.717) is 17.8 Å². The topological polar surface area (TPSA) is 111 Å². The molecule has 9 nitrogen and oxygen atoms in total. The Hall–Kier alpha value is -2.86. The van der Waals surface area contributed by atoms with Gasteiger partial charge in [-0.15, -0.1) is 0 Å². The van der Waals surface area contributed by atoms with Gasteiger partial charge in [-0.25, -0.2) is 9.79 Å². The normalized spacial score (nSPS) is 12.8. The van der Waals surface area contributed by atoms with Crippen LogP contribution in [0.5, 0.6) is 0 Å². The number of aliphatic imine (C=N–C) groups is 1. The number of benzene rings is 2. The Morgan fingerprint density at radius 3 is 2.60 bits per heavy atom. The second-order valence-corrected chi connectivity index (χ2v) is 11.2. The highest BCUT2D eigenvalue weighted by atomic mass is 35.6. The van der Waals surface area contributed by atoms with Gasteiger partial charge in [0, 0.05) is 24.8 Å². The first kappa shape index (κ1) is 31.7. The SMILES string of the molecule is COCCOCC(=O)OCSC(=NC(NC(=O)/C=C/c1ccccc1)C(Cl)(Cl)Cl)Nc1cccc2cccnc12. The van der Waals surface area contributed by atoms with Gasteiger partial charge in [-0.1, -0.05) is 83.3 Å². The standard InChI is InChI=1S/C27H27Cl3N4O5S/c1-37-15-16-38-17-23(36)39-18-40-26(32-21-11-5-9-20-10-6-14-31-24(20)21)34-25(27(28,29)30)33-22(35)13-12-19-7-3-2-4-8-19/h2-14,25H,15-18H2,1H3,(H,32,34)(H,33,35)/b13-12+. The van der Waals surface area contributed by atoms with Crippen LogP contribution in [-0.2, 0) is 23.8 Å². The number of nitrogens with one attached hydrogen (secondary N) is 2. The fourth-order valence-electron chi connectivity index (χ4n) is 3.14. The van der Waals surface area contributed by atoms with E-state index in [0.717, 1.165) is 22.7 Å². The van der Waals surface area contributed by atoms with Crippen molar-refractivity contribution in [2.45, 2.75) is 9.96 Å². The van der Waals surface area contributed by atoms with Crippen molar-refractivity contribution in [3.63, 3.8) is 0 Å². The number of ether oxygens (including phenoxy) is 3. The van der Waals surface area contributed by atoms with Crippen molar-refractivity contribution in [3.8, 4) is 0 Å². The maximum atomic E-state index is 12.7. The molecule has 0 bridgehead atoms. The lowest BCUT2D eigenvalue weighted by Gasteiger charge is -2.23. The second kappa shape index (κ2) is 16.4. The van der Waals surface area contributed by atoms with Gasteiger partial charge >= 0.3 is 5.97 Å². The summed E-state index contributed by atoms with van der Waals surface area (Å²) in [5.41, 5.74) is 2.10. The molecule has 0 aliphatic carbocycles. The number of rotatable bonds is 12. The fraction of sp³-hybridized carbons (Fsp3) is 0.259. The lowest BCUT2D eigenvalue weighted by Crippen LogP contribution is -2.42. The van der Waals surface area contributed by atoms with Crippen molar-refractivity contribution in [3.05, 3.63) is 78.5 Å². The smallest absolute Gasteiger partial charge is 0.332 e. The molecule has 1 amide bonds. The molecule has 1 unspecified atom stereocenters. The van der Waals surface area contributed by atoms with E-state index in [2.05, 4.69) is 20.6 Å². The molecule has 0 radical (unpaired) electrons. The number of pyridine rings is 1. The zero-order chi connectivity index (χ0) is 28.8. The molecular weight excluding hydrogens is 599 g/mol. The number of alkyl halides is 3. The monoisotopic (exact) mass is 624 g/mol. The van der Waals surface area contributed by atoms with Gasteiger partial charge in [0.25, 0.3) is 0 Å². The van der Waals surface area contributed by atoms with Gasteiger partial charge in [-0.05, 0) is 35.5 Å². The molecule has 1 heterocycles. The summed E-state index contributed by atoms with van der Waals surface area (Å²) in [4.78, 5) is 33.6. The Bertz CT molecular complexity index is 1320. The molecule has 0 aliphatic rings. The minimum Gasteiger partial charge on any atom is -0.452 e. The number of amides is 1. The van der Waals surface area contributed by atoms with Crippen LogP contribution in [0.25, 0.3) is 17.0 Å². The minimum atomic E-state index is -2.01. The molecule has 1 aromatic heterocycles. The number of halogens is 3. The minimum absolute atomic E-state index is 0.134.